The van der Waals surface area contributed by atoms with E-state index in [0.29, 0.717) is 13.1 Å². The molecule has 21 heavy (non-hydrogen) atoms. The Kier molecular flexibility index (Phi) is 9.37. The number of nitrogens with zero attached hydrogens (tertiary/aromatic N) is 2. The maximum atomic E-state index is 12.1. The lowest BCUT2D eigenvalue weighted by Crippen LogP contribution is -2.53. The van der Waals surface area contributed by atoms with Gasteiger partial charge in [0.25, 0.3) is 5.91 Å². The van der Waals surface area contributed by atoms with Crippen LogP contribution in [0.3, 0.4) is 0 Å². The first-order valence-electron chi connectivity index (χ1n) is 6.58. The molecule has 0 spiro atoms. The molecule has 1 atom stereocenters. The Bertz CT molecular complexity index is 408. The number of benzene rings is 1. The van der Waals surface area contributed by atoms with E-state index in [1.54, 1.807) is 0 Å². The molecule has 1 aromatic carbocycles. The van der Waals surface area contributed by atoms with E-state index in [0.717, 1.165) is 13.1 Å². The van der Waals surface area contributed by atoms with Gasteiger partial charge in [-0.05, 0) is 12.1 Å². The Morgan fingerprint density at radius 1 is 1.19 bits per heavy atom. The quantitative estimate of drug-likeness (QED) is 0.896. The average Bonchev–Trinajstić information content (AvgIpc) is 2.49. The summed E-state index contributed by atoms with van der Waals surface area (Å²) >= 11 is 0. The Labute approximate surface area is 138 Å². The van der Waals surface area contributed by atoms with Gasteiger partial charge in [0.15, 0.2) is 0 Å². The second-order valence-electron chi connectivity index (χ2n) is 4.61. The normalized spacial score (nSPS) is 15.7. The molecule has 1 aliphatic heterocycles. The molecule has 0 aliphatic carbocycles. The molecule has 1 aliphatic rings. The van der Waals surface area contributed by atoms with Crippen molar-refractivity contribution in [3.8, 4) is 0 Å². The SMILES string of the molecule is COC(CN)C(=O)N1CCN(c2ccccc2)CC1.Cl.Cl. The third-order valence-electron chi connectivity index (χ3n) is 3.49. The number of rotatable bonds is 4. The zero-order valence-electron chi connectivity index (χ0n) is 12.1. The molecule has 1 fully saturated rings. The summed E-state index contributed by atoms with van der Waals surface area (Å²) in [7, 11) is 1.52. The van der Waals surface area contributed by atoms with Crippen molar-refractivity contribution in [2.45, 2.75) is 6.10 Å². The summed E-state index contributed by atoms with van der Waals surface area (Å²) in [5.41, 5.74) is 6.73. The van der Waals surface area contributed by atoms with E-state index in [9.17, 15) is 4.79 Å². The lowest BCUT2D eigenvalue weighted by molar-refractivity contribution is -0.141. The molecule has 120 valence electrons. The standard InChI is InChI=1S/C14H21N3O2.2ClH/c1-19-13(11-15)14(18)17-9-7-16(8-10-17)12-5-3-2-4-6-12;;/h2-6,13H,7-11,15H2,1H3;2*1H. The molecule has 0 bridgehead atoms. The van der Waals surface area contributed by atoms with Crippen molar-refractivity contribution in [1.82, 2.24) is 4.90 Å². The summed E-state index contributed by atoms with van der Waals surface area (Å²) in [6.45, 7) is 3.35. The third kappa shape index (κ3) is 5.04. The van der Waals surface area contributed by atoms with Crippen molar-refractivity contribution in [1.29, 1.82) is 0 Å². The van der Waals surface area contributed by atoms with E-state index in [-0.39, 0.29) is 37.3 Å². The van der Waals surface area contributed by atoms with Gasteiger partial charge in [-0.15, -0.1) is 24.8 Å². The Hall–Kier alpha value is -1.01. The molecule has 1 unspecified atom stereocenters. The van der Waals surface area contributed by atoms with Crippen LogP contribution in [0.25, 0.3) is 0 Å². The highest BCUT2D eigenvalue weighted by Crippen LogP contribution is 2.16. The molecule has 2 N–H and O–H groups in total. The van der Waals surface area contributed by atoms with E-state index < -0.39 is 6.10 Å². The highest BCUT2D eigenvalue weighted by atomic mass is 35.5. The molecule has 7 heteroatoms. The van der Waals surface area contributed by atoms with Gasteiger partial charge in [-0.1, -0.05) is 18.2 Å². The second kappa shape index (κ2) is 9.84. The largest absolute Gasteiger partial charge is 0.370 e. The molecule has 1 heterocycles. The van der Waals surface area contributed by atoms with Crippen LogP contribution in [0.2, 0.25) is 0 Å². The summed E-state index contributed by atoms with van der Waals surface area (Å²) in [5, 5.41) is 0. The van der Waals surface area contributed by atoms with Crippen LogP contribution in [0.15, 0.2) is 30.3 Å². The lowest BCUT2D eigenvalue weighted by Gasteiger charge is -2.37. The number of para-hydroxylation sites is 1. The van der Waals surface area contributed by atoms with Crippen molar-refractivity contribution >= 4 is 36.4 Å². The van der Waals surface area contributed by atoms with Gasteiger partial charge in [0, 0.05) is 45.5 Å². The molecule has 0 saturated carbocycles. The average molecular weight is 336 g/mol. The summed E-state index contributed by atoms with van der Waals surface area (Å²) in [5.74, 6) is -0.00212. The zero-order chi connectivity index (χ0) is 13.7. The van der Waals surface area contributed by atoms with Gasteiger partial charge < -0.3 is 20.3 Å². The summed E-state index contributed by atoms with van der Waals surface area (Å²) in [6.07, 6.45) is -0.511. The summed E-state index contributed by atoms with van der Waals surface area (Å²) < 4.78 is 5.10. The van der Waals surface area contributed by atoms with Gasteiger partial charge in [0.2, 0.25) is 0 Å². The predicted octanol–water partition coefficient (Wildman–Crippen LogP) is 1.15. The van der Waals surface area contributed by atoms with Crippen LogP contribution in [0.4, 0.5) is 5.69 Å². The fourth-order valence-corrected chi connectivity index (χ4v) is 2.33. The Balaban J connectivity index is 0.00000200. The smallest absolute Gasteiger partial charge is 0.253 e. The Morgan fingerprint density at radius 3 is 2.24 bits per heavy atom. The van der Waals surface area contributed by atoms with Crippen molar-refractivity contribution in [3.63, 3.8) is 0 Å². The summed E-state index contributed by atoms with van der Waals surface area (Å²) in [6, 6.07) is 10.3. The van der Waals surface area contributed by atoms with Gasteiger partial charge in [0.1, 0.15) is 6.10 Å². The number of hydrogen-bond acceptors (Lipinski definition) is 4. The van der Waals surface area contributed by atoms with Crippen LogP contribution in [0.5, 0.6) is 0 Å². The maximum Gasteiger partial charge on any atom is 0.253 e. The monoisotopic (exact) mass is 335 g/mol. The number of carbonyl (C=O) groups is 1. The van der Waals surface area contributed by atoms with Crippen molar-refractivity contribution in [2.24, 2.45) is 5.73 Å². The van der Waals surface area contributed by atoms with Crippen LogP contribution in [0.1, 0.15) is 0 Å². The molecule has 2 rings (SSSR count). The minimum absolute atomic E-state index is 0. The van der Waals surface area contributed by atoms with Gasteiger partial charge in [-0.25, -0.2) is 0 Å². The van der Waals surface area contributed by atoms with Gasteiger partial charge >= 0.3 is 0 Å². The number of carbonyl (C=O) groups excluding carboxylic acids is 1. The van der Waals surface area contributed by atoms with E-state index in [4.69, 9.17) is 10.5 Å². The number of nitrogens with two attached hydrogens (primary N) is 1. The minimum atomic E-state index is -0.511. The van der Waals surface area contributed by atoms with Crippen LogP contribution >= 0.6 is 24.8 Å². The fourth-order valence-electron chi connectivity index (χ4n) is 2.33. The number of piperazine rings is 1. The Morgan fingerprint density at radius 2 is 1.76 bits per heavy atom. The van der Waals surface area contributed by atoms with Crippen LogP contribution < -0.4 is 10.6 Å². The number of halogens is 2. The molecular weight excluding hydrogens is 313 g/mol. The van der Waals surface area contributed by atoms with Crippen LogP contribution in [-0.2, 0) is 9.53 Å². The first-order chi connectivity index (χ1) is 9.26. The lowest BCUT2D eigenvalue weighted by atomic mass is 10.2. The number of ether oxygens (including phenoxy) is 1. The highest BCUT2D eigenvalue weighted by molar-refractivity contribution is 5.85. The van der Waals surface area contributed by atoms with E-state index in [1.165, 1.54) is 12.8 Å². The van der Waals surface area contributed by atoms with Gasteiger partial charge in [-0.3, -0.25) is 4.79 Å². The molecule has 0 aromatic heterocycles. The van der Waals surface area contributed by atoms with E-state index >= 15 is 0 Å². The minimum Gasteiger partial charge on any atom is -0.370 e. The molecule has 1 amide bonds. The first kappa shape index (κ1) is 20.0. The third-order valence-corrected chi connectivity index (χ3v) is 3.49. The number of anilines is 1. The highest BCUT2D eigenvalue weighted by Gasteiger charge is 2.26. The number of hydrogen-bond donors (Lipinski definition) is 1. The fraction of sp³-hybridized carbons (Fsp3) is 0.500. The molecule has 0 radical (unpaired) electrons. The van der Waals surface area contributed by atoms with Crippen molar-refractivity contribution in [3.05, 3.63) is 30.3 Å². The predicted molar refractivity (Wildman–Crippen MR) is 89.6 cm³/mol. The van der Waals surface area contributed by atoms with Gasteiger partial charge in [-0.2, -0.15) is 0 Å². The van der Waals surface area contributed by atoms with Gasteiger partial charge in [0.05, 0.1) is 0 Å². The van der Waals surface area contributed by atoms with Crippen molar-refractivity contribution < 1.29 is 9.53 Å². The second-order valence-corrected chi connectivity index (χ2v) is 4.61. The van der Waals surface area contributed by atoms with E-state index in [1.807, 2.05) is 23.1 Å². The number of amides is 1. The van der Waals surface area contributed by atoms with Crippen molar-refractivity contribution in [2.75, 3.05) is 44.7 Å². The molecule has 1 aromatic rings. The summed E-state index contributed by atoms with van der Waals surface area (Å²) in [4.78, 5) is 16.2. The maximum absolute atomic E-state index is 12.1. The first-order valence-corrected chi connectivity index (χ1v) is 6.58. The van der Waals surface area contributed by atoms with Crippen LogP contribution in [-0.4, -0.2) is 56.7 Å². The van der Waals surface area contributed by atoms with Crippen LogP contribution in [0, 0.1) is 0 Å². The number of methoxy groups -OCH3 is 1. The molecule has 1 saturated heterocycles. The topological polar surface area (TPSA) is 58.8 Å². The molecular formula is C14H23Cl2N3O2. The van der Waals surface area contributed by atoms with E-state index in [2.05, 4.69) is 17.0 Å². The zero-order valence-corrected chi connectivity index (χ0v) is 13.7. The molecule has 5 nitrogen and oxygen atoms in total.